The Labute approximate surface area is 98.8 Å². The van der Waals surface area contributed by atoms with Gasteiger partial charge in [0.05, 0.1) is 6.61 Å². The van der Waals surface area contributed by atoms with Crippen LogP contribution in [0.3, 0.4) is 0 Å². The van der Waals surface area contributed by atoms with Gasteiger partial charge in [0.25, 0.3) is 5.91 Å². The first kappa shape index (κ1) is 13.2. The average molecular weight is 241 g/mol. The summed E-state index contributed by atoms with van der Waals surface area (Å²) in [7, 11) is 1.44. The van der Waals surface area contributed by atoms with Gasteiger partial charge in [0.15, 0.2) is 5.78 Å². The molecule has 1 amide bonds. The zero-order valence-electron chi connectivity index (χ0n) is 10.2. The van der Waals surface area contributed by atoms with Gasteiger partial charge in [-0.05, 0) is 20.8 Å². The van der Waals surface area contributed by atoms with Crippen molar-refractivity contribution in [3.8, 4) is 0 Å². The maximum Gasteiger partial charge on any atom is 0.374 e. The van der Waals surface area contributed by atoms with E-state index in [1.165, 1.54) is 11.9 Å². The first-order valence-corrected chi connectivity index (χ1v) is 5.18. The first-order valence-electron chi connectivity index (χ1n) is 5.18. The van der Waals surface area contributed by atoms with Gasteiger partial charge in [-0.25, -0.2) is 4.79 Å². The highest BCUT2D eigenvalue weighted by atomic mass is 16.5. The van der Waals surface area contributed by atoms with Crippen molar-refractivity contribution in [3.05, 3.63) is 11.3 Å². The number of nitrogens with zero attached hydrogens (tertiary/aromatic N) is 1. The molecule has 0 aromatic heterocycles. The highest BCUT2D eigenvalue weighted by molar-refractivity contribution is 6.30. The van der Waals surface area contributed by atoms with E-state index < -0.39 is 34.5 Å². The van der Waals surface area contributed by atoms with Crippen LogP contribution in [0.15, 0.2) is 11.3 Å². The highest BCUT2D eigenvalue weighted by Gasteiger charge is 2.50. The fourth-order valence-corrected chi connectivity index (χ4v) is 1.49. The van der Waals surface area contributed by atoms with Crippen molar-refractivity contribution in [2.75, 3.05) is 13.7 Å². The monoisotopic (exact) mass is 241 g/mol. The quantitative estimate of drug-likeness (QED) is 0.323. The van der Waals surface area contributed by atoms with Gasteiger partial charge in [0.1, 0.15) is 11.1 Å². The Hall–Kier alpha value is -1.85. The molecule has 1 rings (SSSR count). The van der Waals surface area contributed by atoms with Gasteiger partial charge in [0.2, 0.25) is 5.76 Å². The molecule has 0 saturated carbocycles. The number of amides is 1. The summed E-state index contributed by atoms with van der Waals surface area (Å²) < 4.78 is 4.55. The Kier molecular flexibility index (Phi) is 3.26. The van der Waals surface area contributed by atoms with E-state index >= 15 is 0 Å². The minimum Gasteiger partial charge on any atom is -0.501 e. The molecule has 6 heteroatoms. The van der Waals surface area contributed by atoms with Crippen molar-refractivity contribution in [1.29, 1.82) is 0 Å². The summed E-state index contributed by atoms with van der Waals surface area (Å²) in [4.78, 5) is 36.1. The molecule has 94 valence electrons. The molecular weight excluding hydrogens is 226 g/mol. The molecule has 1 fully saturated rings. The number of hydrogen-bond donors (Lipinski definition) is 1. The second kappa shape index (κ2) is 4.20. The number of carbonyl (C=O) groups excluding carboxylic acids is 3. The Morgan fingerprint density at radius 2 is 1.94 bits per heavy atom. The highest BCUT2D eigenvalue weighted by Crippen LogP contribution is 2.29. The predicted molar refractivity (Wildman–Crippen MR) is 58.1 cm³/mol. The fourth-order valence-electron chi connectivity index (χ4n) is 1.49. The third-order valence-electron chi connectivity index (χ3n) is 2.85. The van der Waals surface area contributed by atoms with Gasteiger partial charge in [-0.3, -0.25) is 9.59 Å². The van der Waals surface area contributed by atoms with Crippen molar-refractivity contribution in [1.82, 2.24) is 4.90 Å². The number of rotatable bonds is 2. The summed E-state index contributed by atoms with van der Waals surface area (Å²) in [6.07, 6.45) is 0. The number of likely N-dealkylation sites (tertiary alicyclic amines) is 1. The van der Waals surface area contributed by atoms with E-state index in [-0.39, 0.29) is 6.61 Å². The van der Waals surface area contributed by atoms with Crippen LogP contribution < -0.4 is 0 Å². The van der Waals surface area contributed by atoms with E-state index in [2.05, 4.69) is 4.74 Å². The number of ether oxygens (including phenoxy) is 1. The Bertz CT molecular complexity index is 422. The lowest BCUT2D eigenvalue weighted by atomic mass is 9.97. The molecule has 1 N–H and O–H groups in total. The SMILES string of the molecule is CCOC(=O)C(O)=C1C(=O)N(C)C(C)(C)C1=O. The van der Waals surface area contributed by atoms with Crippen LogP contribution in [-0.2, 0) is 19.1 Å². The Morgan fingerprint density at radius 3 is 2.29 bits per heavy atom. The average Bonchev–Trinajstić information content (AvgIpc) is 2.40. The number of carbonyl (C=O) groups is 3. The number of esters is 1. The number of ketones is 1. The number of aliphatic hydroxyl groups is 1. The molecule has 0 aromatic rings. The molecule has 17 heavy (non-hydrogen) atoms. The lowest BCUT2D eigenvalue weighted by molar-refractivity contribution is -0.142. The van der Waals surface area contributed by atoms with Gasteiger partial charge in [-0.2, -0.15) is 0 Å². The van der Waals surface area contributed by atoms with Crippen molar-refractivity contribution in [2.45, 2.75) is 26.3 Å². The summed E-state index contributed by atoms with van der Waals surface area (Å²) >= 11 is 0. The number of hydrogen-bond acceptors (Lipinski definition) is 5. The minimum atomic E-state index is -1.06. The smallest absolute Gasteiger partial charge is 0.374 e. The van der Waals surface area contributed by atoms with Crippen LogP contribution in [0.5, 0.6) is 0 Å². The van der Waals surface area contributed by atoms with Crippen molar-refractivity contribution >= 4 is 17.7 Å². The van der Waals surface area contributed by atoms with E-state index in [9.17, 15) is 19.5 Å². The second-order valence-electron chi connectivity index (χ2n) is 4.20. The zero-order chi connectivity index (χ0) is 13.4. The standard InChI is InChI=1S/C11H15NO5/c1-5-17-10(16)7(13)6-8(14)11(2,3)12(4)9(6)15/h13H,5H2,1-4H3. The molecular formula is C11H15NO5. The molecule has 1 heterocycles. The van der Waals surface area contributed by atoms with E-state index in [1.807, 2.05) is 0 Å². The van der Waals surface area contributed by atoms with E-state index in [1.54, 1.807) is 20.8 Å². The summed E-state index contributed by atoms with van der Waals surface area (Å²) in [6, 6.07) is 0. The second-order valence-corrected chi connectivity index (χ2v) is 4.20. The largest absolute Gasteiger partial charge is 0.501 e. The molecule has 0 spiro atoms. The summed E-state index contributed by atoms with van der Waals surface area (Å²) in [5.41, 5.74) is -1.57. The number of likely N-dealkylation sites (N-methyl/N-ethyl adjacent to an activating group) is 1. The van der Waals surface area contributed by atoms with Crippen LogP contribution in [-0.4, -0.2) is 46.9 Å². The normalized spacial score (nSPS) is 21.8. The Morgan fingerprint density at radius 1 is 1.41 bits per heavy atom. The first-order chi connectivity index (χ1) is 7.75. The predicted octanol–water partition coefficient (Wildman–Crippen LogP) is 0.181. The zero-order valence-corrected chi connectivity index (χ0v) is 10.2. The molecule has 1 aliphatic heterocycles. The molecule has 0 aliphatic carbocycles. The van der Waals surface area contributed by atoms with Crippen LogP contribution >= 0.6 is 0 Å². The minimum absolute atomic E-state index is 0.0534. The van der Waals surface area contributed by atoms with Crippen molar-refractivity contribution in [2.24, 2.45) is 0 Å². The van der Waals surface area contributed by atoms with Crippen molar-refractivity contribution < 1.29 is 24.2 Å². The van der Waals surface area contributed by atoms with E-state index in [4.69, 9.17) is 0 Å². The maximum absolute atomic E-state index is 11.9. The van der Waals surface area contributed by atoms with Gasteiger partial charge in [-0.1, -0.05) is 0 Å². The Balaban J connectivity index is 3.24. The lowest BCUT2D eigenvalue weighted by Gasteiger charge is -2.24. The molecule has 1 aliphatic rings. The van der Waals surface area contributed by atoms with E-state index in [0.29, 0.717) is 0 Å². The fraction of sp³-hybridized carbons (Fsp3) is 0.545. The maximum atomic E-state index is 11.9. The molecule has 0 aromatic carbocycles. The number of aliphatic hydroxyl groups excluding tert-OH is 1. The summed E-state index contributed by atoms with van der Waals surface area (Å²) in [5.74, 6) is -3.24. The van der Waals surface area contributed by atoms with Gasteiger partial charge >= 0.3 is 5.97 Å². The molecule has 1 saturated heterocycles. The summed E-state index contributed by atoms with van der Waals surface area (Å²) in [5, 5.41) is 9.58. The molecule has 0 unspecified atom stereocenters. The van der Waals surface area contributed by atoms with Gasteiger partial charge < -0.3 is 14.7 Å². The topological polar surface area (TPSA) is 83.9 Å². The molecule has 0 radical (unpaired) electrons. The van der Waals surface area contributed by atoms with Crippen LogP contribution in [0.25, 0.3) is 0 Å². The number of Topliss-reactive ketones (excluding diaryl/α,β-unsaturated/α-hetero) is 1. The molecule has 0 atom stereocenters. The molecule has 0 bridgehead atoms. The van der Waals surface area contributed by atoms with Gasteiger partial charge in [-0.15, -0.1) is 0 Å². The van der Waals surface area contributed by atoms with E-state index in [0.717, 1.165) is 0 Å². The third-order valence-corrected chi connectivity index (χ3v) is 2.85. The van der Waals surface area contributed by atoms with Crippen LogP contribution in [0.4, 0.5) is 0 Å². The van der Waals surface area contributed by atoms with Gasteiger partial charge in [0, 0.05) is 7.05 Å². The third kappa shape index (κ3) is 1.90. The van der Waals surface area contributed by atoms with Crippen LogP contribution in [0, 0.1) is 0 Å². The van der Waals surface area contributed by atoms with Crippen LogP contribution in [0.2, 0.25) is 0 Å². The van der Waals surface area contributed by atoms with Crippen LogP contribution in [0.1, 0.15) is 20.8 Å². The summed E-state index contributed by atoms with van der Waals surface area (Å²) in [6.45, 7) is 4.69. The lowest BCUT2D eigenvalue weighted by Crippen LogP contribution is -2.41. The molecule has 6 nitrogen and oxygen atoms in total. The van der Waals surface area contributed by atoms with Crippen molar-refractivity contribution in [3.63, 3.8) is 0 Å².